The molecule has 0 N–H and O–H groups in total. The molecule has 0 aliphatic heterocycles. The van der Waals surface area contributed by atoms with E-state index in [1.807, 2.05) is 24.3 Å². The van der Waals surface area contributed by atoms with Gasteiger partial charge in [0.15, 0.2) is 5.78 Å². The van der Waals surface area contributed by atoms with Crippen molar-refractivity contribution >= 4 is 5.78 Å². The lowest BCUT2D eigenvalue weighted by Crippen LogP contribution is -2.03. The number of carbonyl (C=O) groups excluding carboxylic acids is 1. The fourth-order valence-electron chi connectivity index (χ4n) is 2.38. The van der Waals surface area contributed by atoms with Crippen molar-refractivity contribution in [1.29, 1.82) is 0 Å². The molecule has 0 unspecified atom stereocenters. The fourth-order valence-corrected chi connectivity index (χ4v) is 2.38. The van der Waals surface area contributed by atoms with Crippen LogP contribution in [0.25, 0.3) is 0 Å². The topological polar surface area (TPSA) is 35.5 Å². The average molecular weight is 336 g/mol. The summed E-state index contributed by atoms with van der Waals surface area (Å²) in [6.45, 7) is 0. The highest BCUT2D eigenvalue weighted by molar-refractivity contribution is 5.97. The second-order valence-corrected chi connectivity index (χ2v) is 5.53. The van der Waals surface area contributed by atoms with Crippen LogP contribution in [0.5, 0.6) is 17.2 Å². The molecule has 126 valence electrons. The van der Waals surface area contributed by atoms with Gasteiger partial charge in [0.05, 0.1) is 7.11 Å². The third kappa shape index (κ3) is 4.44. The van der Waals surface area contributed by atoms with E-state index in [1.54, 1.807) is 43.5 Å². The van der Waals surface area contributed by atoms with Crippen LogP contribution >= 0.6 is 0 Å². The third-order valence-electron chi connectivity index (χ3n) is 3.75. The number of halogens is 1. The SMILES string of the molecule is COc1ccc(Oc2ccc(C(=O)Cc3ccc(F)cc3)cc2)cc1. The fraction of sp³-hybridized carbons (Fsp3) is 0.0952. The summed E-state index contributed by atoms with van der Waals surface area (Å²) in [6.07, 6.45) is 0.235. The molecule has 0 atom stereocenters. The van der Waals surface area contributed by atoms with E-state index in [-0.39, 0.29) is 18.0 Å². The Hall–Kier alpha value is -3.14. The molecule has 0 saturated heterocycles. The molecular weight excluding hydrogens is 319 g/mol. The van der Waals surface area contributed by atoms with E-state index < -0.39 is 0 Å². The number of rotatable bonds is 6. The molecule has 3 aromatic carbocycles. The van der Waals surface area contributed by atoms with Gasteiger partial charge in [0.25, 0.3) is 0 Å². The van der Waals surface area contributed by atoms with E-state index in [1.165, 1.54) is 12.1 Å². The van der Waals surface area contributed by atoms with Gasteiger partial charge in [-0.05, 0) is 66.2 Å². The molecule has 0 saturated carbocycles. The van der Waals surface area contributed by atoms with Crippen molar-refractivity contribution in [3.63, 3.8) is 0 Å². The molecule has 0 spiro atoms. The highest BCUT2D eigenvalue weighted by Crippen LogP contribution is 2.24. The monoisotopic (exact) mass is 336 g/mol. The van der Waals surface area contributed by atoms with Gasteiger partial charge in [-0.3, -0.25) is 4.79 Å². The van der Waals surface area contributed by atoms with Crippen LogP contribution in [0.15, 0.2) is 72.8 Å². The Morgan fingerprint density at radius 1 is 0.800 bits per heavy atom. The highest BCUT2D eigenvalue weighted by atomic mass is 19.1. The summed E-state index contributed by atoms with van der Waals surface area (Å²) in [5, 5.41) is 0. The molecule has 0 radical (unpaired) electrons. The molecule has 4 heteroatoms. The van der Waals surface area contributed by atoms with Gasteiger partial charge in [-0.1, -0.05) is 12.1 Å². The summed E-state index contributed by atoms with van der Waals surface area (Å²) in [5.74, 6) is 1.75. The maximum Gasteiger partial charge on any atom is 0.167 e. The van der Waals surface area contributed by atoms with Crippen molar-refractivity contribution in [3.05, 3.63) is 89.7 Å². The second-order valence-electron chi connectivity index (χ2n) is 5.53. The lowest BCUT2D eigenvalue weighted by molar-refractivity contribution is 0.0993. The number of benzene rings is 3. The van der Waals surface area contributed by atoms with Gasteiger partial charge < -0.3 is 9.47 Å². The number of carbonyl (C=O) groups is 1. The number of Topliss-reactive ketones (excluding diaryl/α,β-unsaturated/α-hetero) is 1. The molecule has 0 aliphatic rings. The van der Waals surface area contributed by atoms with Gasteiger partial charge in [-0.2, -0.15) is 0 Å². The van der Waals surface area contributed by atoms with Crippen molar-refractivity contribution in [2.24, 2.45) is 0 Å². The third-order valence-corrected chi connectivity index (χ3v) is 3.75. The van der Waals surface area contributed by atoms with Crippen LogP contribution in [0.1, 0.15) is 15.9 Å². The zero-order valence-corrected chi connectivity index (χ0v) is 13.7. The maximum absolute atomic E-state index is 12.9. The van der Waals surface area contributed by atoms with E-state index in [4.69, 9.17) is 9.47 Å². The Kier molecular flexibility index (Phi) is 5.09. The molecule has 3 nitrogen and oxygen atoms in total. The molecule has 0 heterocycles. The summed E-state index contributed by atoms with van der Waals surface area (Å²) in [5.41, 5.74) is 1.37. The van der Waals surface area contributed by atoms with Crippen LogP contribution in [0.2, 0.25) is 0 Å². The molecule has 0 aliphatic carbocycles. The summed E-state index contributed by atoms with van der Waals surface area (Å²) in [7, 11) is 1.61. The number of ketones is 1. The Balaban J connectivity index is 1.64. The van der Waals surface area contributed by atoms with Crippen molar-refractivity contribution in [2.75, 3.05) is 7.11 Å². The Labute approximate surface area is 145 Å². The summed E-state index contributed by atoms with van der Waals surface area (Å²) in [4.78, 5) is 12.3. The first-order valence-corrected chi connectivity index (χ1v) is 7.83. The lowest BCUT2D eigenvalue weighted by Gasteiger charge is -2.07. The second kappa shape index (κ2) is 7.62. The number of methoxy groups -OCH3 is 1. The highest BCUT2D eigenvalue weighted by Gasteiger charge is 2.08. The molecule has 25 heavy (non-hydrogen) atoms. The molecule has 0 aromatic heterocycles. The summed E-state index contributed by atoms with van der Waals surface area (Å²) in [6, 6.07) is 20.2. The molecular formula is C21H17FO3. The largest absolute Gasteiger partial charge is 0.497 e. The zero-order chi connectivity index (χ0) is 17.6. The van der Waals surface area contributed by atoms with Crippen molar-refractivity contribution in [2.45, 2.75) is 6.42 Å². The van der Waals surface area contributed by atoms with Gasteiger partial charge in [-0.25, -0.2) is 4.39 Å². The van der Waals surface area contributed by atoms with Crippen LogP contribution in [-0.4, -0.2) is 12.9 Å². The van der Waals surface area contributed by atoms with Crippen LogP contribution in [0, 0.1) is 5.82 Å². The van der Waals surface area contributed by atoms with Crippen molar-refractivity contribution in [3.8, 4) is 17.2 Å². The standard InChI is InChI=1S/C21H17FO3/c1-24-18-10-12-20(13-11-18)25-19-8-4-16(5-9-19)21(23)14-15-2-6-17(22)7-3-15/h2-13H,14H2,1H3. The summed E-state index contributed by atoms with van der Waals surface area (Å²) >= 11 is 0. The van der Waals surface area contributed by atoms with E-state index in [0.29, 0.717) is 17.1 Å². The predicted molar refractivity (Wildman–Crippen MR) is 93.9 cm³/mol. The molecule has 0 fully saturated rings. The zero-order valence-electron chi connectivity index (χ0n) is 13.7. The first-order chi connectivity index (χ1) is 12.1. The molecule has 0 amide bonds. The minimum absolute atomic E-state index is 0.0254. The average Bonchev–Trinajstić information content (AvgIpc) is 2.65. The number of ether oxygens (including phenoxy) is 2. The lowest BCUT2D eigenvalue weighted by atomic mass is 10.0. The minimum atomic E-state index is -0.309. The van der Waals surface area contributed by atoms with Gasteiger partial charge >= 0.3 is 0 Å². The normalized spacial score (nSPS) is 10.3. The van der Waals surface area contributed by atoms with Crippen LogP contribution in [0.4, 0.5) is 4.39 Å². The van der Waals surface area contributed by atoms with Crippen molar-refractivity contribution < 1.29 is 18.7 Å². The Bertz CT molecular complexity index is 838. The molecule has 0 bridgehead atoms. The van der Waals surface area contributed by atoms with Crippen LogP contribution < -0.4 is 9.47 Å². The van der Waals surface area contributed by atoms with Gasteiger partial charge in [0.1, 0.15) is 23.1 Å². The quantitative estimate of drug-likeness (QED) is 0.591. The van der Waals surface area contributed by atoms with Gasteiger partial charge in [-0.15, -0.1) is 0 Å². The Morgan fingerprint density at radius 3 is 1.88 bits per heavy atom. The first kappa shape index (κ1) is 16.7. The van der Waals surface area contributed by atoms with Gasteiger partial charge in [0, 0.05) is 12.0 Å². The minimum Gasteiger partial charge on any atom is -0.497 e. The molecule has 3 rings (SSSR count). The van der Waals surface area contributed by atoms with E-state index in [0.717, 1.165) is 11.3 Å². The first-order valence-electron chi connectivity index (χ1n) is 7.83. The Morgan fingerprint density at radius 2 is 1.32 bits per heavy atom. The number of hydrogen-bond acceptors (Lipinski definition) is 3. The smallest absolute Gasteiger partial charge is 0.167 e. The molecule has 3 aromatic rings. The van der Waals surface area contributed by atoms with E-state index in [2.05, 4.69) is 0 Å². The van der Waals surface area contributed by atoms with Crippen LogP contribution in [-0.2, 0) is 6.42 Å². The van der Waals surface area contributed by atoms with E-state index >= 15 is 0 Å². The maximum atomic E-state index is 12.9. The number of hydrogen-bond donors (Lipinski definition) is 0. The van der Waals surface area contributed by atoms with Gasteiger partial charge in [0.2, 0.25) is 0 Å². The van der Waals surface area contributed by atoms with E-state index in [9.17, 15) is 9.18 Å². The predicted octanol–water partition coefficient (Wildman–Crippen LogP) is 5.05. The van der Waals surface area contributed by atoms with Crippen LogP contribution in [0.3, 0.4) is 0 Å². The van der Waals surface area contributed by atoms with Crippen molar-refractivity contribution in [1.82, 2.24) is 0 Å². The summed E-state index contributed by atoms with van der Waals surface area (Å²) < 4.78 is 23.7.